The number of oxazole rings is 1. The molecular formula is C22H26N2O3. The molecule has 0 unspecified atom stereocenters. The molecule has 0 fully saturated rings. The van der Waals surface area contributed by atoms with Gasteiger partial charge in [0.1, 0.15) is 5.75 Å². The summed E-state index contributed by atoms with van der Waals surface area (Å²) >= 11 is 0. The van der Waals surface area contributed by atoms with Crippen LogP contribution in [0.3, 0.4) is 0 Å². The number of rotatable bonds is 6. The fraction of sp³-hybridized carbons (Fsp3) is 0.409. The first-order chi connectivity index (χ1) is 13.1. The van der Waals surface area contributed by atoms with Gasteiger partial charge in [-0.1, -0.05) is 18.2 Å². The van der Waals surface area contributed by atoms with Gasteiger partial charge in [0.25, 0.3) is 0 Å². The van der Waals surface area contributed by atoms with E-state index < -0.39 is 5.76 Å². The molecule has 1 aliphatic rings. The van der Waals surface area contributed by atoms with Crippen molar-refractivity contribution in [2.24, 2.45) is 0 Å². The summed E-state index contributed by atoms with van der Waals surface area (Å²) in [5, 5.41) is 0. The van der Waals surface area contributed by atoms with Gasteiger partial charge >= 0.3 is 5.76 Å². The highest BCUT2D eigenvalue weighted by atomic mass is 16.5. The van der Waals surface area contributed by atoms with E-state index >= 15 is 0 Å². The van der Waals surface area contributed by atoms with E-state index in [9.17, 15) is 4.79 Å². The van der Waals surface area contributed by atoms with Gasteiger partial charge in [-0.3, -0.25) is 4.98 Å². The molecule has 0 saturated heterocycles. The molecule has 1 atom stereocenters. The first kappa shape index (κ1) is 17.9. The number of aromatic nitrogens is 1. The van der Waals surface area contributed by atoms with E-state index in [1.807, 2.05) is 18.2 Å². The van der Waals surface area contributed by atoms with Crippen LogP contribution in [0, 0.1) is 0 Å². The predicted octanol–water partition coefficient (Wildman–Crippen LogP) is 3.72. The maximum absolute atomic E-state index is 11.3. The fourth-order valence-electron chi connectivity index (χ4n) is 4.24. The second-order valence-corrected chi connectivity index (χ2v) is 7.47. The van der Waals surface area contributed by atoms with Gasteiger partial charge < -0.3 is 14.1 Å². The fourth-order valence-corrected chi connectivity index (χ4v) is 4.24. The molecule has 1 heterocycles. The average molecular weight is 366 g/mol. The van der Waals surface area contributed by atoms with Crippen LogP contribution in [0.5, 0.6) is 5.75 Å². The van der Waals surface area contributed by atoms with Gasteiger partial charge in [0.05, 0.1) is 12.6 Å². The van der Waals surface area contributed by atoms with Crippen molar-refractivity contribution < 1.29 is 9.15 Å². The summed E-state index contributed by atoms with van der Waals surface area (Å²) in [5.74, 6) is 1.19. The van der Waals surface area contributed by atoms with Gasteiger partial charge in [-0.25, -0.2) is 4.79 Å². The lowest BCUT2D eigenvalue weighted by molar-refractivity contribution is 0.299. The third-order valence-corrected chi connectivity index (χ3v) is 5.61. The Morgan fingerprint density at radius 3 is 3.04 bits per heavy atom. The third-order valence-electron chi connectivity index (χ3n) is 5.61. The molecule has 0 radical (unpaired) electrons. The van der Waals surface area contributed by atoms with Crippen molar-refractivity contribution in [1.29, 1.82) is 0 Å². The van der Waals surface area contributed by atoms with Gasteiger partial charge in [0, 0.05) is 13.1 Å². The van der Waals surface area contributed by atoms with E-state index in [0.717, 1.165) is 37.2 Å². The molecule has 0 bridgehead atoms. The Morgan fingerprint density at radius 1 is 1.30 bits per heavy atom. The number of benzene rings is 2. The van der Waals surface area contributed by atoms with E-state index in [1.165, 1.54) is 29.5 Å². The smallest absolute Gasteiger partial charge is 0.417 e. The molecule has 5 heteroatoms. The van der Waals surface area contributed by atoms with Crippen molar-refractivity contribution in [3.8, 4) is 5.75 Å². The maximum atomic E-state index is 11.3. The van der Waals surface area contributed by atoms with Crippen LogP contribution in [0.2, 0.25) is 0 Å². The number of ether oxygens (including phenoxy) is 1. The van der Waals surface area contributed by atoms with Crippen molar-refractivity contribution >= 4 is 11.1 Å². The molecule has 142 valence electrons. The molecule has 1 N–H and O–H groups in total. The van der Waals surface area contributed by atoms with Crippen LogP contribution >= 0.6 is 0 Å². The van der Waals surface area contributed by atoms with E-state index in [-0.39, 0.29) is 0 Å². The minimum atomic E-state index is -0.398. The Morgan fingerprint density at radius 2 is 2.19 bits per heavy atom. The first-order valence-electron chi connectivity index (χ1n) is 9.60. The molecule has 0 saturated carbocycles. The standard InChI is InChI=1S/C22H26N2O3/c1-24(12-11-15-9-10-21-19(13-15)23-22(25)27-21)14-16-5-3-7-18-17(16)6-4-8-20(18)26-2/h4,6,8-10,13,16H,3,5,7,11-12,14H2,1-2H3,(H,23,25)/t16-/m0/s1. The van der Waals surface area contributed by atoms with E-state index in [1.54, 1.807) is 7.11 Å². The summed E-state index contributed by atoms with van der Waals surface area (Å²) in [6.07, 6.45) is 4.50. The lowest BCUT2D eigenvalue weighted by Gasteiger charge is -2.30. The van der Waals surface area contributed by atoms with E-state index in [2.05, 4.69) is 35.1 Å². The van der Waals surface area contributed by atoms with Crippen LogP contribution in [0.25, 0.3) is 11.1 Å². The number of nitrogens with one attached hydrogen (secondary N) is 1. The third kappa shape index (κ3) is 3.78. The second-order valence-electron chi connectivity index (χ2n) is 7.47. The minimum absolute atomic E-state index is 0.398. The lowest BCUT2D eigenvalue weighted by atomic mass is 9.82. The number of likely N-dealkylation sites (N-methyl/N-ethyl adjacent to an activating group) is 1. The van der Waals surface area contributed by atoms with E-state index in [0.29, 0.717) is 11.5 Å². The van der Waals surface area contributed by atoms with Gasteiger partial charge in [-0.05, 0) is 73.5 Å². The molecule has 2 aromatic carbocycles. The highest BCUT2D eigenvalue weighted by Crippen LogP contribution is 2.36. The summed E-state index contributed by atoms with van der Waals surface area (Å²) in [6.45, 7) is 2.02. The Balaban J connectivity index is 1.41. The Labute approximate surface area is 158 Å². The van der Waals surface area contributed by atoms with Crippen LogP contribution in [0.15, 0.2) is 45.6 Å². The summed E-state index contributed by atoms with van der Waals surface area (Å²) in [6, 6.07) is 12.4. The van der Waals surface area contributed by atoms with Crippen LogP contribution in [0.4, 0.5) is 0 Å². The van der Waals surface area contributed by atoms with Crippen LogP contribution in [-0.4, -0.2) is 37.1 Å². The predicted molar refractivity (Wildman–Crippen MR) is 107 cm³/mol. The molecule has 0 spiro atoms. The lowest BCUT2D eigenvalue weighted by Crippen LogP contribution is -2.28. The van der Waals surface area contributed by atoms with Crippen LogP contribution in [0.1, 0.15) is 35.4 Å². The van der Waals surface area contributed by atoms with Crippen molar-refractivity contribution in [2.45, 2.75) is 31.6 Å². The number of fused-ring (bicyclic) bond motifs is 2. The summed E-state index contributed by atoms with van der Waals surface area (Å²) in [7, 11) is 3.95. The molecule has 4 rings (SSSR count). The molecule has 1 aromatic heterocycles. The van der Waals surface area contributed by atoms with E-state index in [4.69, 9.17) is 9.15 Å². The molecule has 0 amide bonds. The number of H-pyrrole nitrogens is 1. The molecule has 5 nitrogen and oxygen atoms in total. The zero-order valence-electron chi connectivity index (χ0n) is 16.0. The Kier molecular flexibility index (Phi) is 5.03. The zero-order chi connectivity index (χ0) is 18.8. The number of nitrogens with zero attached hydrogens (tertiary/aromatic N) is 1. The Hall–Kier alpha value is -2.53. The minimum Gasteiger partial charge on any atom is -0.496 e. The van der Waals surface area contributed by atoms with Crippen molar-refractivity contribution in [1.82, 2.24) is 9.88 Å². The van der Waals surface area contributed by atoms with Crippen molar-refractivity contribution in [3.05, 3.63) is 63.6 Å². The first-order valence-corrected chi connectivity index (χ1v) is 9.60. The van der Waals surface area contributed by atoms with Gasteiger partial charge in [-0.15, -0.1) is 0 Å². The Bertz CT molecular complexity index is 989. The van der Waals surface area contributed by atoms with Crippen LogP contribution < -0.4 is 10.5 Å². The number of methoxy groups -OCH3 is 1. The number of hydrogen-bond acceptors (Lipinski definition) is 4. The summed E-state index contributed by atoms with van der Waals surface area (Å²) < 4.78 is 10.6. The zero-order valence-corrected chi connectivity index (χ0v) is 16.0. The quantitative estimate of drug-likeness (QED) is 0.722. The summed E-state index contributed by atoms with van der Waals surface area (Å²) in [5.41, 5.74) is 5.43. The second kappa shape index (κ2) is 7.61. The maximum Gasteiger partial charge on any atom is 0.417 e. The normalized spacial score (nSPS) is 16.6. The summed E-state index contributed by atoms with van der Waals surface area (Å²) in [4.78, 5) is 16.4. The highest BCUT2D eigenvalue weighted by molar-refractivity contribution is 5.72. The van der Waals surface area contributed by atoms with Crippen molar-refractivity contribution in [3.63, 3.8) is 0 Å². The topological polar surface area (TPSA) is 58.5 Å². The SMILES string of the molecule is COc1cccc2c1CCC[C@H]2CN(C)CCc1ccc2oc(=O)[nH]c2c1. The average Bonchev–Trinajstić information content (AvgIpc) is 3.05. The van der Waals surface area contributed by atoms with Gasteiger partial charge in [-0.2, -0.15) is 0 Å². The van der Waals surface area contributed by atoms with Crippen molar-refractivity contribution in [2.75, 3.05) is 27.2 Å². The largest absolute Gasteiger partial charge is 0.496 e. The highest BCUT2D eigenvalue weighted by Gasteiger charge is 2.23. The molecular weight excluding hydrogens is 340 g/mol. The monoisotopic (exact) mass is 366 g/mol. The molecule has 0 aliphatic heterocycles. The molecule has 27 heavy (non-hydrogen) atoms. The number of hydrogen-bond donors (Lipinski definition) is 1. The molecule has 3 aromatic rings. The van der Waals surface area contributed by atoms with Crippen LogP contribution in [-0.2, 0) is 12.8 Å². The van der Waals surface area contributed by atoms with Gasteiger partial charge in [0.2, 0.25) is 0 Å². The van der Waals surface area contributed by atoms with Gasteiger partial charge in [0.15, 0.2) is 5.58 Å². The molecule has 1 aliphatic carbocycles. The number of aromatic amines is 1.